The molecule has 0 heterocycles. The molecule has 1 nitrogen and oxygen atoms in total. The monoisotopic (exact) mass is 176 g/mol. The van der Waals surface area contributed by atoms with Crippen molar-refractivity contribution in [3.8, 4) is 11.8 Å². The molecular formula is C10H8OS. The van der Waals surface area contributed by atoms with Crippen LogP contribution in [0, 0.1) is 11.8 Å². The van der Waals surface area contributed by atoms with Gasteiger partial charge in [-0.25, -0.2) is 0 Å². The first kappa shape index (κ1) is 8.89. The molecule has 0 radical (unpaired) electrons. The van der Waals surface area contributed by atoms with Gasteiger partial charge in [-0.05, 0) is 18.2 Å². The van der Waals surface area contributed by atoms with Gasteiger partial charge in [-0.2, -0.15) is 0 Å². The minimum atomic E-state index is 0.288. The van der Waals surface area contributed by atoms with Crippen LogP contribution in [0.3, 0.4) is 0 Å². The summed E-state index contributed by atoms with van der Waals surface area (Å²) in [6.07, 6.45) is 1.08. The highest BCUT2D eigenvalue weighted by Gasteiger charge is 1.86. The molecule has 60 valence electrons. The van der Waals surface area contributed by atoms with Crippen molar-refractivity contribution in [3.05, 3.63) is 29.8 Å². The van der Waals surface area contributed by atoms with E-state index in [4.69, 9.17) is 0 Å². The van der Waals surface area contributed by atoms with Gasteiger partial charge >= 0.3 is 0 Å². The molecule has 0 fully saturated rings. The van der Waals surface area contributed by atoms with E-state index in [1.165, 1.54) is 0 Å². The molecule has 0 atom stereocenters. The van der Waals surface area contributed by atoms with E-state index in [0.717, 1.165) is 16.7 Å². The molecule has 1 rings (SSSR count). The van der Waals surface area contributed by atoms with Gasteiger partial charge < -0.3 is 4.79 Å². The van der Waals surface area contributed by atoms with Crippen LogP contribution in [0.15, 0.2) is 29.2 Å². The number of hydrogen-bond acceptors (Lipinski definition) is 2. The van der Waals surface area contributed by atoms with Crippen molar-refractivity contribution in [2.24, 2.45) is 0 Å². The number of rotatable bonds is 1. The highest BCUT2D eigenvalue weighted by molar-refractivity contribution is 7.80. The van der Waals surface area contributed by atoms with Gasteiger partial charge in [0.25, 0.3) is 0 Å². The average molecular weight is 176 g/mol. The Labute approximate surface area is 77.2 Å². The number of benzene rings is 1. The van der Waals surface area contributed by atoms with Gasteiger partial charge in [0.2, 0.25) is 0 Å². The largest absolute Gasteiger partial charge is 0.302 e. The van der Waals surface area contributed by atoms with Gasteiger partial charge in [0, 0.05) is 10.5 Å². The predicted molar refractivity (Wildman–Crippen MR) is 51.3 cm³/mol. The maximum absolute atomic E-state index is 9.94. The fourth-order valence-corrected chi connectivity index (χ4v) is 1.00. The lowest BCUT2D eigenvalue weighted by atomic mass is 10.2. The Bertz CT molecular complexity index is 333. The van der Waals surface area contributed by atoms with Gasteiger partial charge in [0.15, 0.2) is 0 Å². The SMILES string of the molecule is O=CCC#Cc1cccc(S)c1. The molecule has 0 N–H and O–H groups in total. The molecule has 2 heteroatoms. The molecule has 0 aliphatic carbocycles. The Morgan fingerprint density at radius 3 is 3.00 bits per heavy atom. The van der Waals surface area contributed by atoms with E-state index in [2.05, 4.69) is 24.5 Å². The summed E-state index contributed by atoms with van der Waals surface area (Å²) in [5.41, 5.74) is 0.893. The lowest BCUT2D eigenvalue weighted by Gasteiger charge is -1.90. The smallest absolute Gasteiger partial charge is 0.131 e. The first-order chi connectivity index (χ1) is 5.83. The summed E-state index contributed by atoms with van der Waals surface area (Å²) in [7, 11) is 0. The van der Waals surface area contributed by atoms with E-state index < -0.39 is 0 Å². The van der Waals surface area contributed by atoms with E-state index in [-0.39, 0.29) is 6.42 Å². The zero-order valence-electron chi connectivity index (χ0n) is 6.45. The number of carbonyl (C=O) groups excluding carboxylic acids is 1. The highest BCUT2D eigenvalue weighted by atomic mass is 32.1. The summed E-state index contributed by atoms with van der Waals surface area (Å²) in [6.45, 7) is 0. The molecular weight excluding hydrogens is 168 g/mol. The van der Waals surface area contributed by atoms with Gasteiger partial charge in [0.1, 0.15) is 6.29 Å². The maximum atomic E-state index is 9.94. The van der Waals surface area contributed by atoms with Gasteiger partial charge in [0.05, 0.1) is 6.42 Å². The molecule has 0 aromatic heterocycles. The third kappa shape index (κ3) is 2.81. The maximum Gasteiger partial charge on any atom is 0.131 e. The van der Waals surface area contributed by atoms with Crippen LogP contribution in [0.1, 0.15) is 12.0 Å². The van der Waals surface area contributed by atoms with E-state index in [1.54, 1.807) is 0 Å². The Hall–Kier alpha value is -1.20. The topological polar surface area (TPSA) is 17.1 Å². The zero-order chi connectivity index (χ0) is 8.81. The van der Waals surface area contributed by atoms with Crippen molar-refractivity contribution in [2.75, 3.05) is 0 Å². The second-order valence-electron chi connectivity index (χ2n) is 2.22. The van der Waals surface area contributed by atoms with Crippen LogP contribution >= 0.6 is 12.6 Å². The first-order valence-corrected chi connectivity index (χ1v) is 3.99. The van der Waals surface area contributed by atoms with E-state index in [1.807, 2.05) is 24.3 Å². The predicted octanol–water partition coefficient (Wildman–Crippen LogP) is 1.92. The van der Waals surface area contributed by atoms with Crippen LogP contribution in [0.2, 0.25) is 0 Å². The van der Waals surface area contributed by atoms with Gasteiger partial charge in [-0.3, -0.25) is 0 Å². The molecule has 0 bridgehead atoms. The van der Waals surface area contributed by atoms with Crippen molar-refractivity contribution >= 4 is 18.9 Å². The molecule has 1 aromatic rings. The number of hydrogen-bond donors (Lipinski definition) is 1. The van der Waals surface area contributed by atoms with Gasteiger partial charge in [-0.15, -0.1) is 12.6 Å². The van der Waals surface area contributed by atoms with Crippen molar-refractivity contribution in [2.45, 2.75) is 11.3 Å². The molecule has 0 saturated heterocycles. The van der Waals surface area contributed by atoms with E-state index in [9.17, 15) is 4.79 Å². The van der Waals surface area contributed by atoms with E-state index >= 15 is 0 Å². The first-order valence-electron chi connectivity index (χ1n) is 3.54. The molecule has 0 aliphatic heterocycles. The van der Waals surface area contributed by atoms with Crippen LogP contribution in [-0.2, 0) is 4.79 Å². The lowest BCUT2D eigenvalue weighted by Crippen LogP contribution is -1.74. The lowest BCUT2D eigenvalue weighted by molar-refractivity contribution is -0.107. The third-order valence-electron chi connectivity index (χ3n) is 1.26. The standard InChI is InChI=1S/C10H8OS/c11-7-2-1-4-9-5-3-6-10(12)8-9/h3,5-8,12H,2H2. The van der Waals surface area contributed by atoms with Crippen LogP contribution in [0.5, 0.6) is 0 Å². The van der Waals surface area contributed by atoms with Crippen molar-refractivity contribution in [3.63, 3.8) is 0 Å². The molecule has 1 aromatic carbocycles. The summed E-state index contributed by atoms with van der Waals surface area (Å²) in [5.74, 6) is 5.58. The number of aldehydes is 1. The summed E-state index contributed by atoms with van der Waals surface area (Å²) in [6, 6.07) is 7.51. The van der Waals surface area contributed by atoms with Crippen LogP contribution in [0.25, 0.3) is 0 Å². The van der Waals surface area contributed by atoms with Crippen LogP contribution in [-0.4, -0.2) is 6.29 Å². The van der Waals surface area contributed by atoms with Crippen LogP contribution < -0.4 is 0 Å². The Balaban J connectivity index is 2.77. The second-order valence-corrected chi connectivity index (χ2v) is 2.74. The van der Waals surface area contributed by atoms with Crippen molar-refractivity contribution < 1.29 is 4.79 Å². The molecule has 0 amide bonds. The fraction of sp³-hybridized carbons (Fsp3) is 0.100. The molecule has 0 saturated carbocycles. The molecule has 0 unspecified atom stereocenters. The minimum absolute atomic E-state index is 0.288. The number of carbonyl (C=O) groups is 1. The van der Waals surface area contributed by atoms with Crippen molar-refractivity contribution in [1.82, 2.24) is 0 Å². The minimum Gasteiger partial charge on any atom is -0.302 e. The Kier molecular flexibility index (Phi) is 3.43. The highest BCUT2D eigenvalue weighted by Crippen LogP contribution is 2.07. The normalized spacial score (nSPS) is 8.42. The Morgan fingerprint density at radius 2 is 2.33 bits per heavy atom. The third-order valence-corrected chi connectivity index (χ3v) is 1.54. The molecule has 12 heavy (non-hydrogen) atoms. The quantitative estimate of drug-likeness (QED) is 0.393. The Morgan fingerprint density at radius 1 is 1.50 bits per heavy atom. The zero-order valence-corrected chi connectivity index (χ0v) is 7.34. The fourth-order valence-electron chi connectivity index (χ4n) is 0.778. The second kappa shape index (κ2) is 4.63. The van der Waals surface area contributed by atoms with E-state index in [0.29, 0.717) is 0 Å². The average Bonchev–Trinajstić information content (AvgIpc) is 2.05. The summed E-state index contributed by atoms with van der Waals surface area (Å²) < 4.78 is 0. The summed E-state index contributed by atoms with van der Waals surface area (Å²) in [4.78, 5) is 10.8. The van der Waals surface area contributed by atoms with Crippen molar-refractivity contribution in [1.29, 1.82) is 0 Å². The van der Waals surface area contributed by atoms with Crippen LogP contribution in [0.4, 0.5) is 0 Å². The summed E-state index contributed by atoms with van der Waals surface area (Å²) in [5, 5.41) is 0. The number of thiol groups is 1. The summed E-state index contributed by atoms with van der Waals surface area (Å²) >= 11 is 4.16. The van der Waals surface area contributed by atoms with Gasteiger partial charge in [-0.1, -0.05) is 17.9 Å². The molecule has 0 spiro atoms. The molecule has 0 aliphatic rings.